The molecule has 0 bridgehead atoms. The van der Waals surface area contributed by atoms with E-state index in [-0.39, 0.29) is 18.3 Å². The maximum Gasteiger partial charge on any atom is 0.256 e. The number of benzene rings is 4. The van der Waals surface area contributed by atoms with Gasteiger partial charge in [0.25, 0.3) is 5.91 Å². The Morgan fingerprint density at radius 3 is 2.13 bits per heavy atom. The van der Waals surface area contributed by atoms with Crippen LogP contribution in [0.25, 0.3) is 11.2 Å². The second-order valence-electron chi connectivity index (χ2n) is 11.3. The zero-order valence-corrected chi connectivity index (χ0v) is 25.6. The van der Waals surface area contributed by atoms with Crippen LogP contribution in [0.3, 0.4) is 0 Å². The number of methoxy groups -OCH3 is 1. The number of imidazole rings is 1. The minimum atomic E-state index is -1.00. The first-order valence-electron chi connectivity index (χ1n) is 15.3. The molecular weight excluding hydrogens is 594 g/mol. The Bertz CT molecular complexity index is 1910. The summed E-state index contributed by atoms with van der Waals surface area (Å²) in [6.07, 6.45) is 1.21. The molecule has 10 heteroatoms. The van der Waals surface area contributed by atoms with Crippen molar-refractivity contribution in [2.45, 2.75) is 30.5 Å². The lowest BCUT2D eigenvalue weighted by molar-refractivity contribution is -0.0930. The molecule has 1 fully saturated rings. The van der Waals surface area contributed by atoms with Crippen molar-refractivity contribution in [3.8, 4) is 5.75 Å². The smallest absolute Gasteiger partial charge is 0.256 e. The van der Waals surface area contributed by atoms with Gasteiger partial charge >= 0.3 is 0 Å². The molecule has 0 saturated carbocycles. The third-order valence-corrected chi connectivity index (χ3v) is 8.46. The third kappa shape index (κ3) is 5.85. The summed E-state index contributed by atoms with van der Waals surface area (Å²) in [7, 11) is 1.64. The summed E-state index contributed by atoms with van der Waals surface area (Å²) in [5.41, 5.74) is 3.16. The minimum Gasteiger partial charge on any atom is -0.497 e. The predicted molar refractivity (Wildman–Crippen MR) is 176 cm³/mol. The number of aliphatic hydroxyl groups is 1. The molecule has 0 aliphatic carbocycles. The van der Waals surface area contributed by atoms with Crippen LogP contribution in [0.1, 0.15) is 39.7 Å². The first-order valence-corrected chi connectivity index (χ1v) is 15.3. The predicted octanol–water partition coefficient (Wildman–Crippen LogP) is 5.74. The van der Waals surface area contributed by atoms with Gasteiger partial charge in [-0.1, -0.05) is 91.0 Å². The van der Waals surface area contributed by atoms with Gasteiger partial charge in [-0.25, -0.2) is 15.0 Å². The van der Waals surface area contributed by atoms with Gasteiger partial charge < -0.3 is 24.6 Å². The van der Waals surface area contributed by atoms with Crippen molar-refractivity contribution in [1.29, 1.82) is 0 Å². The van der Waals surface area contributed by atoms with Crippen molar-refractivity contribution >= 4 is 22.9 Å². The van der Waals surface area contributed by atoms with Gasteiger partial charge in [-0.15, -0.1) is 0 Å². The Kier molecular flexibility index (Phi) is 8.45. The van der Waals surface area contributed by atoms with E-state index < -0.39 is 24.0 Å². The van der Waals surface area contributed by atoms with Crippen molar-refractivity contribution in [3.05, 3.63) is 150 Å². The van der Waals surface area contributed by atoms with Gasteiger partial charge in [0.2, 0.25) is 0 Å². The number of ether oxygens (including phenoxy) is 3. The van der Waals surface area contributed by atoms with E-state index in [1.807, 2.05) is 91.0 Å². The number of fused-ring (bicyclic) bond motifs is 1. The van der Waals surface area contributed by atoms with Crippen LogP contribution < -0.4 is 10.1 Å². The fourth-order valence-corrected chi connectivity index (χ4v) is 6.09. The molecule has 6 aromatic rings. The Labute approximate surface area is 271 Å². The second-order valence-corrected chi connectivity index (χ2v) is 11.3. The Balaban J connectivity index is 1.17. The maximum atomic E-state index is 12.8. The molecule has 1 aliphatic heterocycles. The van der Waals surface area contributed by atoms with Crippen molar-refractivity contribution in [2.75, 3.05) is 19.0 Å². The van der Waals surface area contributed by atoms with Crippen LogP contribution >= 0.6 is 0 Å². The summed E-state index contributed by atoms with van der Waals surface area (Å²) in [5, 5.41) is 14.1. The maximum absolute atomic E-state index is 12.8. The fraction of sp³-hybridized carbons (Fsp3) is 0.189. The summed E-state index contributed by atoms with van der Waals surface area (Å²) < 4.78 is 20.6. The van der Waals surface area contributed by atoms with Crippen LogP contribution in [0, 0.1) is 0 Å². The number of anilines is 1. The van der Waals surface area contributed by atoms with Gasteiger partial charge in [0.05, 0.1) is 26.1 Å². The highest BCUT2D eigenvalue weighted by molar-refractivity contribution is 6.06. The van der Waals surface area contributed by atoms with E-state index in [4.69, 9.17) is 14.2 Å². The van der Waals surface area contributed by atoms with Crippen molar-refractivity contribution in [1.82, 2.24) is 19.5 Å². The van der Waals surface area contributed by atoms with Gasteiger partial charge in [-0.2, -0.15) is 0 Å². The number of rotatable bonds is 10. The quantitative estimate of drug-likeness (QED) is 0.185. The van der Waals surface area contributed by atoms with E-state index in [9.17, 15) is 9.90 Å². The first-order chi connectivity index (χ1) is 23.1. The summed E-state index contributed by atoms with van der Waals surface area (Å²) in [6.45, 7) is 0.0908. The lowest BCUT2D eigenvalue weighted by Gasteiger charge is -2.37. The molecule has 1 aliphatic rings. The Morgan fingerprint density at radius 1 is 0.872 bits per heavy atom. The van der Waals surface area contributed by atoms with Crippen molar-refractivity contribution in [2.24, 2.45) is 0 Å². The number of hydrogen-bond acceptors (Lipinski definition) is 8. The molecule has 3 atom stereocenters. The fourth-order valence-electron chi connectivity index (χ4n) is 6.09. The molecule has 2 aromatic heterocycles. The summed E-state index contributed by atoms with van der Waals surface area (Å²) in [6, 6.07) is 36.8. The lowest BCUT2D eigenvalue weighted by atomic mass is 9.80. The molecule has 0 spiro atoms. The molecular formula is C37H33N5O5. The highest BCUT2D eigenvalue weighted by Gasteiger charge is 2.42. The highest BCUT2D eigenvalue weighted by Crippen LogP contribution is 2.42. The zero-order chi connectivity index (χ0) is 32.2. The molecule has 3 heterocycles. The number of aliphatic hydroxyl groups excluding tert-OH is 1. The standard InChI is InChI=1S/C37H33N5O5/c1-45-29-19-17-28(18-20-29)37(26-13-7-3-8-14-26,27-15-9-4-10-16-27)46-22-31-30(43)21-32(47-31)42-24-40-33-34(38-23-39-35(33)42)41-36(44)25-11-5-2-6-12-25/h2-20,23-24,30-32,43H,21-22H2,1H3,(H,38,39,41,44)/t30-,31+,32+/m0/s1. The molecule has 10 nitrogen and oxygen atoms in total. The minimum absolute atomic E-state index is 0.0908. The van der Waals surface area contributed by atoms with Crippen LogP contribution in [0.15, 0.2) is 128 Å². The molecule has 0 radical (unpaired) electrons. The molecule has 7 rings (SSSR count). The number of nitrogens with zero attached hydrogens (tertiary/aromatic N) is 4. The average molecular weight is 628 g/mol. The van der Waals surface area contributed by atoms with Gasteiger partial charge in [0.15, 0.2) is 17.0 Å². The van der Waals surface area contributed by atoms with E-state index in [2.05, 4.69) is 20.3 Å². The summed E-state index contributed by atoms with van der Waals surface area (Å²) in [5.74, 6) is 0.721. The topological polar surface area (TPSA) is 121 Å². The van der Waals surface area contributed by atoms with Gasteiger partial charge in [0.1, 0.15) is 30.0 Å². The number of carbonyl (C=O) groups excluding carboxylic acids is 1. The average Bonchev–Trinajstić information content (AvgIpc) is 3.74. The van der Waals surface area contributed by atoms with Crippen LogP contribution in [-0.2, 0) is 15.1 Å². The third-order valence-electron chi connectivity index (χ3n) is 8.46. The molecule has 236 valence electrons. The number of amides is 1. The van der Waals surface area contributed by atoms with Crippen LogP contribution in [0.4, 0.5) is 5.82 Å². The zero-order valence-electron chi connectivity index (χ0n) is 25.6. The van der Waals surface area contributed by atoms with Crippen molar-refractivity contribution < 1.29 is 24.1 Å². The summed E-state index contributed by atoms with van der Waals surface area (Å²) >= 11 is 0. The lowest BCUT2D eigenvalue weighted by Crippen LogP contribution is -2.38. The SMILES string of the molecule is COc1ccc(C(OC[C@H]2O[C@@H](n3cnc4c(NC(=O)c5ccccc5)ncnc43)C[C@@H]2O)(c2ccccc2)c2ccccc2)cc1. The second kappa shape index (κ2) is 13.1. The molecule has 4 aromatic carbocycles. The largest absolute Gasteiger partial charge is 0.497 e. The first kappa shape index (κ1) is 30.2. The Hall–Kier alpha value is -5.42. The summed E-state index contributed by atoms with van der Waals surface area (Å²) in [4.78, 5) is 26.0. The number of nitrogens with one attached hydrogen (secondary N) is 1. The normalized spacial score (nSPS) is 17.9. The van der Waals surface area contributed by atoms with Gasteiger partial charge in [-0.3, -0.25) is 9.36 Å². The number of carbonyl (C=O) groups is 1. The highest BCUT2D eigenvalue weighted by atomic mass is 16.6. The van der Waals surface area contributed by atoms with Crippen molar-refractivity contribution in [3.63, 3.8) is 0 Å². The molecule has 2 N–H and O–H groups in total. The van der Waals surface area contributed by atoms with E-state index >= 15 is 0 Å². The van der Waals surface area contributed by atoms with Crippen LogP contribution in [0.5, 0.6) is 5.75 Å². The van der Waals surface area contributed by atoms with E-state index in [0.29, 0.717) is 23.1 Å². The van der Waals surface area contributed by atoms with Gasteiger partial charge in [-0.05, 0) is 41.0 Å². The van der Waals surface area contributed by atoms with Crippen LogP contribution in [-0.4, -0.2) is 56.5 Å². The molecule has 1 saturated heterocycles. The monoisotopic (exact) mass is 627 g/mol. The van der Waals surface area contributed by atoms with Crippen LogP contribution in [0.2, 0.25) is 0 Å². The molecule has 0 unspecified atom stereocenters. The number of hydrogen-bond donors (Lipinski definition) is 2. The molecule has 47 heavy (non-hydrogen) atoms. The van der Waals surface area contributed by atoms with E-state index in [1.54, 1.807) is 42.3 Å². The Morgan fingerprint density at radius 2 is 1.49 bits per heavy atom. The number of aromatic nitrogens is 4. The van der Waals surface area contributed by atoms with E-state index in [0.717, 1.165) is 22.4 Å². The van der Waals surface area contributed by atoms with E-state index in [1.165, 1.54) is 6.33 Å². The van der Waals surface area contributed by atoms with Gasteiger partial charge in [0, 0.05) is 12.0 Å². The molecule has 1 amide bonds.